The summed E-state index contributed by atoms with van der Waals surface area (Å²) in [5.74, 6) is -1.25. The van der Waals surface area contributed by atoms with E-state index in [0.717, 1.165) is 0 Å². The van der Waals surface area contributed by atoms with E-state index in [9.17, 15) is 14.4 Å². The van der Waals surface area contributed by atoms with E-state index in [-0.39, 0.29) is 18.2 Å². The summed E-state index contributed by atoms with van der Waals surface area (Å²) in [6, 6.07) is 13.2. The summed E-state index contributed by atoms with van der Waals surface area (Å²) in [7, 11) is 0. The number of carboxylic acids is 1. The molecule has 0 atom stereocenters. The molecule has 0 unspecified atom stereocenters. The number of nitrogens with one attached hydrogen (secondary N) is 1. The Morgan fingerprint density at radius 1 is 0.885 bits per heavy atom. The van der Waals surface area contributed by atoms with Crippen molar-refractivity contribution < 1.29 is 19.5 Å². The van der Waals surface area contributed by atoms with Crippen LogP contribution in [-0.4, -0.2) is 40.9 Å². The highest BCUT2D eigenvalue weighted by Crippen LogP contribution is 2.13. The van der Waals surface area contributed by atoms with E-state index in [1.807, 2.05) is 13.8 Å². The van der Waals surface area contributed by atoms with Gasteiger partial charge < -0.3 is 15.3 Å². The highest BCUT2D eigenvalue weighted by Gasteiger charge is 2.13. The molecular weight excluding hydrogens is 332 g/mol. The lowest BCUT2D eigenvalue weighted by Gasteiger charge is -2.18. The molecule has 0 aliphatic rings. The van der Waals surface area contributed by atoms with Crippen LogP contribution in [0.5, 0.6) is 0 Å². The van der Waals surface area contributed by atoms with Gasteiger partial charge in [0, 0.05) is 29.9 Å². The molecule has 6 heteroatoms. The van der Waals surface area contributed by atoms with Crippen LogP contribution in [0.3, 0.4) is 0 Å². The monoisotopic (exact) mass is 354 g/mol. The number of anilines is 1. The Morgan fingerprint density at radius 3 is 1.92 bits per heavy atom. The number of carboxylic acid groups (broad SMARTS) is 1. The van der Waals surface area contributed by atoms with Crippen molar-refractivity contribution in [3.8, 4) is 0 Å². The van der Waals surface area contributed by atoms with Crippen LogP contribution in [0.2, 0.25) is 0 Å². The second-order valence-electron chi connectivity index (χ2n) is 5.78. The van der Waals surface area contributed by atoms with Crippen LogP contribution in [0.1, 0.15) is 40.1 Å². The third-order valence-electron chi connectivity index (χ3n) is 4.01. The lowest BCUT2D eigenvalue weighted by atomic mass is 10.1. The highest BCUT2D eigenvalue weighted by atomic mass is 16.4. The summed E-state index contributed by atoms with van der Waals surface area (Å²) in [6.45, 7) is 5.11. The molecule has 0 aliphatic carbocycles. The van der Waals surface area contributed by atoms with Gasteiger partial charge in [-0.2, -0.15) is 0 Å². The summed E-state index contributed by atoms with van der Waals surface area (Å²) >= 11 is 0. The lowest BCUT2D eigenvalue weighted by molar-refractivity contribution is -0.136. The van der Waals surface area contributed by atoms with Crippen molar-refractivity contribution >= 4 is 23.5 Å². The van der Waals surface area contributed by atoms with Gasteiger partial charge in [0.2, 0.25) is 0 Å². The SMILES string of the molecule is CCN(CC)C(=O)c1ccc(C(=O)Nc2ccc(CC(=O)O)cc2)cc1. The largest absolute Gasteiger partial charge is 0.481 e. The van der Waals surface area contributed by atoms with E-state index in [1.165, 1.54) is 0 Å². The smallest absolute Gasteiger partial charge is 0.307 e. The van der Waals surface area contributed by atoms with Crippen molar-refractivity contribution in [1.29, 1.82) is 0 Å². The Labute approximate surface area is 152 Å². The average molecular weight is 354 g/mol. The molecule has 2 N–H and O–H groups in total. The van der Waals surface area contributed by atoms with Gasteiger partial charge in [0.05, 0.1) is 6.42 Å². The molecule has 2 aromatic rings. The normalized spacial score (nSPS) is 10.2. The van der Waals surface area contributed by atoms with Crippen molar-refractivity contribution in [3.63, 3.8) is 0 Å². The molecule has 2 amide bonds. The summed E-state index contributed by atoms with van der Waals surface area (Å²) < 4.78 is 0. The molecule has 0 aliphatic heterocycles. The molecule has 0 saturated carbocycles. The Hall–Kier alpha value is -3.15. The Balaban J connectivity index is 2.03. The number of benzene rings is 2. The minimum Gasteiger partial charge on any atom is -0.481 e. The number of amides is 2. The zero-order valence-electron chi connectivity index (χ0n) is 14.9. The molecule has 0 aromatic heterocycles. The second-order valence-corrected chi connectivity index (χ2v) is 5.78. The topological polar surface area (TPSA) is 86.7 Å². The first kappa shape index (κ1) is 19.2. The third kappa shape index (κ3) is 4.92. The molecule has 6 nitrogen and oxygen atoms in total. The van der Waals surface area contributed by atoms with Gasteiger partial charge in [0.1, 0.15) is 0 Å². The van der Waals surface area contributed by atoms with Gasteiger partial charge in [0.25, 0.3) is 11.8 Å². The fourth-order valence-electron chi connectivity index (χ4n) is 2.54. The Morgan fingerprint density at radius 2 is 1.42 bits per heavy atom. The quantitative estimate of drug-likeness (QED) is 0.800. The van der Waals surface area contributed by atoms with Crippen molar-refractivity contribution in [1.82, 2.24) is 4.90 Å². The first-order valence-electron chi connectivity index (χ1n) is 8.46. The number of carbonyl (C=O) groups excluding carboxylic acids is 2. The molecular formula is C20H22N2O4. The summed E-state index contributed by atoms with van der Waals surface area (Å²) in [6.07, 6.45) is -0.0593. The van der Waals surface area contributed by atoms with Gasteiger partial charge in [-0.15, -0.1) is 0 Å². The molecule has 2 rings (SSSR count). The van der Waals surface area contributed by atoms with Crippen molar-refractivity contribution in [2.75, 3.05) is 18.4 Å². The van der Waals surface area contributed by atoms with Crippen LogP contribution in [-0.2, 0) is 11.2 Å². The predicted molar refractivity (Wildman–Crippen MR) is 99.4 cm³/mol. The summed E-state index contributed by atoms with van der Waals surface area (Å²) in [5.41, 5.74) is 2.22. The zero-order chi connectivity index (χ0) is 19.1. The molecule has 136 valence electrons. The lowest BCUT2D eigenvalue weighted by Crippen LogP contribution is -2.30. The molecule has 0 bridgehead atoms. The van der Waals surface area contributed by atoms with Crippen LogP contribution in [0.15, 0.2) is 48.5 Å². The fraction of sp³-hybridized carbons (Fsp3) is 0.250. The minimum absolute atomic E-state index is 0.0593. The summed E-state index contributed by atoms with van der Waals surface area (Å²) in [5, 5.41) is 11.5. The first-order valence-corrected chi connectivity index (χ1v) is 8.46. The van der Waals surface area contributed by atoms with Crippen LogP contribution in [0.25, 0.3) is 0 Å². The van der Waals surface area contributed by atoms with Gasteiger partial charge >= 0.3 is 5.97 Å². The number of nitrogens with zero attached hydrogens (tertiary/aromatic N) is 1. The van der Waals surface area contributed by atoms with E-state index >= 15 is 0 Å². The number of carbonyl (C=O) groups is 3. The third-order valence-corrected chi connectivity index (χ3v) is 4.01. The molecule has 26 heavy (non-hydrogen) atoms. The predicted octanol–water partition coefficient (Wildman–Crippen LogP) is 3.05. The van der Waals surface area contributed by atoms with E-state index in [0.29, 0.717) is 35.5 Å². The Bertz CT molecular complexity index is 778. The molecule has 0 radical (unpaired) electrons. The van der Waals surface area contributed by atoms with Crippen LogP contribution < -0.4 is 5.32 Å². The molecule has 0 spiro atoms. The van der Waals surface area contributed by atoms with Gasteiger partial charge in [-0.1, -0.05) is 12.1 Å². The van der Waals surface area contributed by atoms with E-state index in [4.69, 9.17) is 5.11 Å². The number of rotatable bonds is 7. The standard InChI is InChI=1S/C20H22N2O4/c1-3-22(4-2)20(26)16-9-7-15(8-10-16)19(25)21-17-11-5-14(6-12-17)13-18(23)24/h5-12H,3-4,13H2,1-2H3,(H,21,25)(H,23,24). The maximum Gasteiger partial charge on any atom is 0.307 e. The maximum absolute atomic E-state index is 12.3. The van der Waals surface area contributed by atoms with Crippen molar-refractivity contribution in [2.45, 2.75) is 20.3 Å². The maximum atomic E-state index is 12.3. The van der Waals surface area contributed by atoms with Crippen molar-refractivity contribution in [2.24, 2.45) is 0 Å². The highest BCUT2D eigenvalue weighted by molar-refractivity contribution is 6.05. The van der Waals surface area contributed by atoms with E-state index in [1.54, 1.807) is 53.4 Å². The van der Waals surface area contributed by atoms with Gasteiger partial charge in [-0.05, 0) is 55.8 Å². The molecule has 0 fully saturated rings. The Kier molecular flexibility index (Phi) is 6.49. The number of hydrogen-bond acceptors (Lipinski definition) is 3. The second kappa shape index (κ2) is 8.80. The zero-order valence-corrected chi connectivity index (χ0v) is 14.9. The van der Waals surface area contributed by atoms with E-state index in [2.05, 4.69) is 5.32 Å². The average Bonchev–Trinajstić information content (AvgIpc) is 2.64. The van der Waals surface area contributed by atoms with Gasteiger partial charge in [-0.25, -0.2) is 0 Å². The molecule has 0 heterocycles. The molecule has 2 aromatic carbocycles. The molecule has 0 saturated heterocycles. The van der Waals surface area contributed by atoms with Crippen LogP contribution in [0.4, 0.5) is 5.69 Å². The van der Waals surface area contributed by atoms with Crippen LogP contribution >= 0.6 is 0 Å². The van der Waals surface area contributed by atoms with Crippen LogP contribution in [0, 0.1) is 0 Å². The van der Waals surface area contributed by atoms with Gasteiger partial charge in [0.15, 0.2) is 0 Å². The minimum atomic E-state index is -0.902. The number of hydrogen-bond donors (Lipinski definition) is 2. The van der Waals surface area contributed by atoms with E-state index < -0.39 is 5.97 Å². The first-order chi connectivity index (χ1) is 12.4. The van der Waals surface area contributed by atoms with Crippen molar-refractivity contribution in [3.05, 3.63) is 65.2 Å². The fourth-order valence-corrected chi connectivity index (χ4v) is 2.54. The summed E-state index contributed by atoms with van der Waals surface area (Å²) in [4.78, 5) is 37.0. The van der Waals surface area contributed by atoms with Gasteiger partial charge in [-0.3, -0.25) is 14.4 Å². The number of aliphatic carboxylic acids is 1.